The molecule has 0 aliphatic rings. The number of benzene rings is 1. The lowest BCUT2D eigenvalue weighted by molar-refractivity contribution is 0.0596. The highest BCUT2D eigenvalue weighted by Gasteiger charge is 2.16. The highest BCUT2D eigenvalue weighted by Crippen LogP contribution is 2.31. The Balaban J connectivity index is 2.93. The van der Waals surface area contributed by atoms with Gasteiger partial charge in [-0.05, 0) is 12.1 Å². The van der Waals surface area contributed by atoms with E-state index in [-0.39, 0.29) is 0 Å². The van der Waals surface area contributed by atoms with Crippen LogP contribution in [0, 0.1) is 0 Å². The number of carbonyl (C=O) groups excluding carboxylic acids is 1. The summed E-state index contributed by atoms with van der Waals surface area (Å²) in [4.78, 5) is 11.5. The van der Waals surface area contributed by atoms with Crippen molar-refractivity contribution < 1.29 is 23.7 Å². The Morgan fingerprint density at radius 1 is 1.18 bits per heavy atom. The molecule has 0 bridgehead atoms. The van der Waals surface area contributed by atoms with Crippen LogP contribution in [0.3, 0.4) is 0 Å². The van der Waals surface area contributed by atoms with E-state index in [9.17, 15) is 4.79 Å². The molecule has 17 heavy (non-hydrogen) atoms. The van der Waals surface area contributed by atoms with E-state index in [0.29, 0.717) is 30.3 Å². The zero-order valence-corrected chi connectivity index (χ0v) is 10.2. The van der Waals surface area contributed by atoms with Crippen LogP contribution in [0.5, 0.6) is 11.5 Å². The molecule has 0 saturated carbocycles. The predicted molar refractivity (Wildman–Crippen MR) is 61.7 cm³/mol. The summed E-state index contributed by atoms with van der Waals surface area (Å²) in [6, 6.07) is 5.05. The maximum absolute atomic E-state index is 11.5. The Hall–Kier alpha value is -1.75. The minimum absolute atomic E-state index is 0.338. The molecule has 94 valence electrons. The molecular weight excluding hydrogens is 224 g/mol. The van der Waals surface area contributed by atoms with Crippen LogP contribution in [0.2, 0.25) is 0 Å². The molecule has 1 aromatic rings. The van der Waals surface area contributed by atoms with Crippen molar-refractivity contribution >= 4 is 5.97 Å². The third kappa shape index (κ3) is 3.35. The van der Waals surface area contributed by atoms with Crippen molar-refractivity contribution in [2.45, 2.75) is 0 Å². The SMILES string of the molecule is COCCOc1cccc(C(=O)OC)c1OC. The molecule has 5 heteroatoms. The molecule has 0 aromatic heterocycles. The molecule has 0 unspecified atom stereocenters. The first kappa shape index (κ1) is 13.3. The van der Waals surface area contributed by atoms with Gasteiger partial charge in [-0.25, -0.2) is 4.79 Å². The molecule has 5 nitrogen and oxygen atoms in total. The van der Waals surface area contributed by atoms with E-state index in [1.54, 1.807) is 25.3 Å². The summed E-state index contributed by atoms with van der Waals surface area (Å²) in [5.41, 5.74) is 0.338. The lowest BCUT2D eigenvalue weighted by atomic mass is 10.2. The van der Waals surface area contributed by atoms with Gasteiger partial charge in [0.1, 0.15) is 12.2 Å². The number of ether oxygens (including phenoxy) is 4. The summed E-state index contributed by atoms with van der Waals surface area (Å²) in [5.74, 6) is 0.405. The fraction of sp³-hybridized carbons (Fsp3) is 0.417. The first-order valence-electron chi connectivity index (χ1n) is 5.11. The van der Waals surface area contributed by atoms with Gasteiger partial charge in [-0.2, -0.15) is 0 Å². The molecule has 0 fully saturated rings. The van der Waals surface area contributed by atoms with Gasteiger partial charge >= 0.3 is 5.97 Å². The van der Waals surface area contributed by atoms with Crippen molar-refractivity contribution in [2.75, 3.05) is 34.5 Å². The minimum atomic E-state index is -0.459. The monoisotopic (exact) mass is 240 g/mol. The van der Waals surface area contributed by atoms with Crippen LogP contribution in [0.15, 0.2) is 18.2 Å². The van der Waals surface area contributed by atoms with Crippen molar-refractivity contribution in [3.05, 3.63) is 23.8 Å². The van der Waals surface area contributed by atoms with Crippen molar-refractivity contribution in [3.8, 4) is 11.5 Å². The summed E-state index contributed by atoms with van der Waals surface area (Å²) in [7, 11) is 4.39. The van der Waals surface area contributed by atoms with Crippen LogP contribution in [0.4, 0.5) is 0 Å². The molecule has 0 N–H and O–H groups in total. The Morgan fingerprint density at radius 3 is 2.53 bits per heavy atom. The highest BCUT2D eigenvalue weighted by molar-refractivity contribution is 5.93. The van der Waals surface area contributed by atoms with E-state index in [2.05, 4.69) is 4.74 Å². The molecule has 0 aliphatic heterocycles. The molecule has 0 spiro atoms. The molecule has 0 atom stereocenters. The van der Waals surface area contributed by atoms with Gasteiger partial charge in [0.05, 0.1) is 20.8 Å². The summed E-state index contributed by atoms with van der Waals surface area (Å²) >= 11 is 0. The molecule has 0 aliphatic carbocycles. The zero-order chi connectivity index (χ0) is 12.7. The number of methoxy groups -OCH3 is 3. The number of hydrogen-bond donors (Lipinski definition) is 0. The second-order valence-electron chi connectivity index (χ2n) is 3.17. The minimum Gasteiger partial charge on any atom is -0.492 e. The van der Waals surface area contributed by atoms with Crippen LogP contribution < -0.4 is 9.47 Å². The second kappa shape index (κ2) is 6.75. The first-order chi connectivity index (χ1) is 8.24. The topological polar surface area (TPSA) is 54.0 Å². The van der Waals surface area contributed by atoms with Crippen LogP contribution in [-0.2, 0) is 9.47 Å². The summed E-state index contributed by atoms with van der Waals surface area (Å²) in [6.07, 6.45) is 0. The van der Waals surface area contributed by atoms with Gasteiger partial charge in [-0.1, -0.05) is 6.07 Å². The van der Waals surface area contributed by atoms with Gasteiger partial charge in [0.2, 0.25) is 0 Å². The largest absolute Gasteiger partial charge is 0.492 e. The Kier molecular flexibility index (Phi) is 5.29. The zero-order valence-electron chi connectivity index (χ0n) is 10.2. The van der Waals surface area contributed by atoms with Crippen LogP contribution in [-0.4, -0.2) is 40.5 Å². The van der Waals surface area contributed by atoms with E-state index in [4.69, 9.17) is 14.2 Å². The third-order valence-electron chi connectivity index (χ3n) is 2.13. The van der Waals surface area contributed by atoms with Crippen molar-refractivity contribution in [1.29, 1.82) is 0 Å². The summed E-state index contributed by atoms with van der Waals surface area (Å²) in [5, 5.41) is 0. The fourth-order valence-electron chi connectivity index (χ4n) is 1.35. The van der Waals surface area contributed by atoms with E-state index >= 15 is 0 Å². The van der Waals surface area contributed by atoms with Gasteiger partial charge in [0.15, 0.2) is 11.5 Å². The third-order valence-corrected chi connectivity index (χ3v) is 2.13. The number of hydrogen-bond acceptors (Lipinski definition) is 5. The molecule has 0 saturated heterocycles. The van der Waals surface area contributed by atoms with E-state index in [1.165, 1.54) is 14.2 Å². The quantitative estimate of drug-likeness (QED) is 0.557. The van der Waals surface area contributed by atoms with Gasteiger partial charge in [0.25, 0.3) is 0 Å². The summed E-state index contributed by atoms with van der Waals surface area (Å²) < 4.78 is 20.1. The van der Waals surface area contributed by atoms with Crippen molar-refractivity contribution in [2.24, 2.45) is 0 Å². The van der Waals surface area contributed by atoms with Gasteiger partial charge in [-0.15, -0.1) is 0 Å². The molecule has 0 radical (unpaired) electrons. The van der Waals surface area contributed by atoms with Crippen molar-refractivity contribution in [1.82, 2.24) is 0 Å². The van der Waals surface area contributed by atoms with Gasteiger partial charge in [0, 0.05) is 7.11 Å². The lowest BCUT2D eigenvalue weighted by Crippen LogP contribution is -2.08. The maximum Gasteiger partial charge on any atom is 0.341 e. The van der Waals surface area contributed by atoms with Crippen LogP contribution in [0.25, 0.3) is 0 Å². The molecular formula is C12H16O5. The summed E-state index contributed by atoms with van der Waals surface area (Å²) in [6.45, 7) is 0.850. The number of rotatable bonds is 6. The maximum atomic E-state index is 11.5. The van der Waals surface area contributed by atoms with Crippen LogP contribution in [0.1, 0.15) is 10.4 Å². The molecule has 1 rings (SSSR count). The standard InChI is InChI=1S/C12H16O5/c1-14-7-8-17-10-6-4-5-9(11(10)15-2)12(13)16-3/h4-6H,7-8H2,1-3H3. The number of carbonyl (C=O) groups is 1. The number of esters is 1. The lowest BCUT2D eigenvalue weighted by Gasteiger charge is -2.12. The first-order valence-corrected chi connectivity index (χ1v) is 5.11. The van der Waals surface area contributed by atoms with E-state index in [0.717, 1.165) is 0 Å². The van der Waals surface area contributed by atoms with E-state index < -0.39 is 5.97 Å². The van der Waals surface area contributed by atoms with Crippen molar-refractivity contribution in [3.63, 3.8) is 0 Å². The van der Waals surface area contributed by atoms with Gasteiger partial charge in [-0.3, -0.25) is 0 Å². The Morgan fingerprint density at radius 2 is 1.94 bits per heavy atom. The average molecular weight is 240 g/mol. The molecule has 1 aromatic carbocycles. The normalized spacial score (nSPS) is 9.82. The Labute approximate surface area is 100 Å². The van der Waals surface area contributed by atoms with E-state index in [1.807, 2.05) is 0 Å². The average Bonchev–Trinajstić information content (AvgIpc) is 2.37. The Bertz CT molecular complexity index is 375. The molecule has 0 heterocycles. The number of para-hydroxylation sites is 1. The smallest absolute Gasteiger partial charge is 0.341 e. The van der Waals surface area contributed by atoms with Gasteiger partial charge < -0.3 is 18.9 Å². The fourth-order valence-corrected chi connectivity index (χ4v) is 1.35. The molecule has 0 amide bonds. The predicted octanol–water partition coefficient (Wildman–Crippen LogP) is 1.51. The highest BCUT2D eigenvalue weighted by atomic mass is 16.5. The van der Waals surface area contributed by atoms with Crippen LogP contribution >= 0.6 is 0 Å². The second-order valence-corrected chi connectivity index (χ2v) is 3.17.